The van der Waals surface area contributed by atoms with Crippen molar-refractivity contribution in [2.45, 2.75) is 58.4 Å². The fourth-order valence-corrected chi connectivity index (χ4v) is 4.15. The summed E-state index contributed by atoms with van der Waals surface area (Å²) in [5.74, 6) is 0.155. The van der Waals surface area contributed by atoms with Crippen LogP contribution < -0.4 is 0 Å². The molecule has 0 saturated carbocycles. The molecule has 0 spiro atoms. The zero-order valence-corrected chi connectivity index (χ0v) is 15.1. The quantitative estimate of drug-likeness (QED) is 0.922. The third-order valence-corrected chi connectivity index (χ3v) is 5.64. The van der Waals surface area contributed by atoms with Crippen molar-refractivity contribution in [3.05, 3.63) is 45.5 Å². The number of nitrogens with one attached hydrogen (secondary N) is 1. The van der Waals surface area contributed by atoms with Crippen molar-refractivity contribution < 1.29 is 4.79 Å². The summed E-state index contributed by atoms with van der Waals surface area (Å²) in [4.78, 5) is 18.9. The summed E-state index contributed by atoms with van der Waals surface area (Å²) >= 11 is 0. The maximum Gasteiger partial charge on any atom is 0.223 e. The van der Waals surface area contributed by atoms with Crippen molar-refractivity contribution in [3.63, 3.8) is 0 Å². The van der Waals surface area contributed by atoms with Gasteiger partial charge in [-0.3, -0.25) is 14.9 Å². The van der Waals surface area contributed by atoms with Crippen molar-refractivity contribution in [1.82, 2.24) is 20.1 Å². The Kier molecular flexibility index (Phi) is 4.46. The van der Waals surface area contributed by atoms with Crippen LogP contribution in [0.2, 0.25) is 0 Å². The molecule has 134 valence electrons. The molecule has 6 nitrogen and oxygen atoms in total. The highest BCUT2D eigenvalue weighted by molar-refractivity contribution is 5.77. The Bertz CT molecular complexity index is 892. The van der Waals surface area contributed by atoms with Crippen LogP contribution >= 0.6 is 0 Å². The molecule has 2 aromatic heterocycles. The monoisotopic (exact) mass is 349 g/mol. The van der Waals surface area contributed by atoms with Gasteiger partial charge in [-0.05, 0) is 55.7 Å². The van der Waals surface area contributed by atoms with Crippen LogP contribution in [0.5, 0.6) is 0 Å². The van der Waals surface area contributed by atoms with E-state index >= 15 is 0 Å². The zero-order chi connectivity index (χ0) is 18.1. The van der Waals surface area contributed by atoms with Gasteiger partial charge in [-0.25, -0.2) is 0 Å². The summed E-state index contributed by atoms with van der Waals surface area (Å²) in [6, 6.07) is 2.26. The molecule has 2 aliphatic rings. The Morgan fingerprint density at radius 3 is 3.00 bits per heavy atom. The van der Waals surface area contributed by atoms with Crippen molar-refractivity contribution in [1.29, 1.82) is 5.26 Å². The van der Waals surface area contributed by atoms with E-state index in [1.54, 1.807) is 0 Å². The molecule has 3 heterocycles. The Morgan fingerprint density at radius 2 is 2.15 bits per heavy atom. The molecule has 0 unspecified atom stereocenters. The van der Waals surface area contributed by atoms with Crippen LogP contribution in [0.4, 0.5) is 0 Å². The summed E-state index contributed by atoms with van der Waals surface area (Å²) in [6.07, 6.45) is 8.31. The maximum atomic E-state index is 12.7. The Labute approximate surface area is 153 Å². The van der Waals surface area contributed by atoms with E-state index in [2.05, 4.69) is 21.3 Å². The number of H-pyrrole nitrogens is 1. The van der Waals surface area contributed by atoms with Gasteiger partial charge >= 0.3 is 0 Å². The topological polar surface area (TPSA) is 85.7 Å². The van der Waals surface area contributed by atoms with Crippen LogP contribution in [0.15, 0.2) is 6.20 Å². The van der Waals surface area contributed by atoms with Gasteiger partial charge in [-0.1, -0.05) is 0 Å². The molecular formula is C20H23N5O. The molecule has 0 fully saturated rings. The van der Waals surface area contributed by atoms with Crippen molar-refractivity contribution >= 4 is 5.91 Å². The number of aromatic nitrogens is 3. The lowest BCUT2D eigenvalue weighted by atomic mass is 9.94. The van der Waals surface area contributed by atoms with Gasteiger partial charge in [-0.15, -0.1) is 0 Å². The number of pyridine rings is 1. The van der Waals surface area contributed by atoms with Gasteiger partial charge in [0.25, 0.3) is 0 Å². The fraction of sp³-hybridized carbons (Fsp3) is 0.500. The number of carbonyl (C=O) groups is 1. The first-order valence-electron chi connectivity index (χ1n) is 9.37. The van der Waals surface area contributed by atoms with E-state index in [9.17, 15) is 10.1 Å². The average molecular weight is 349 g/mol. The minimum Gasteiger partial charge on any atom is -0.338 e. The summed E-state index contributed by atoms with van der Waals surface area (Å²) in [6.45, 7) is 3.08. The van der Waals surface area contributed by atoms with Crippen LogP contribution in [0.25, 0.3) is 0 Å². The molecule has 0 aromatic carbocycles. The second-order valence-electron chi connectivity index (χ2n) is 7.23. The molecule has 0 radical (unpaired) electrons. The number of hydrogen-bond donors (Lipinski definition) is 1. The second kappa shape index (κ2) is 6.91. The zero-order valence-electron chi connectivity index (χ0n) is 15.1. The van der Waals surface area contributed by atoms with E-state index in [1.165, 1.54) is 24.1 Å². The van der Waals surface area contributed by atoms with Gasteiger partial charge in [0.15, 0.2) is 0 Å². The molecule has 0 bridgehead atoms. The highest BCUT2D eigenvalue weighted by Gasteiger charge is 2.24. The van der Waals surface area contributed by atoms with Crippen LogP contribution in [0, 0.1) is 18.3 Å². The van der Waals surface area contributed by atoms with E-state index in [1.807, 2.05) is 18.0 Å². The minimum absolute atomic E-state index is 0.155. The summed E-state index contributed by atoms with van der Waals surface area (Å²) in [5, 5.41) is 16.9. The summed E-state index contributed by atoms with van der Waals surface area (Å²) < 4.78 is 0. The van der Waals surface area contributed by atoms with E-state index in [0.717, 1.165) is 41.8 Å². The third-order valence-electron chi connectivity index (χ3n) is 5.64. The first kappa shape index (κ1) is 16.8. The number of hydrogen-bond acceptors (Lipinski definition) is 4. The number of aromatic amines is 1. The molecule has 2 aromatic rings. The number of carbonyl (C=O) groups excluding carboxylic acids is 1. The van der Waals surface area contributed by atoms with E-state index in [-0.39, 0.29) is 5.91 Å². The number of aryl methyl sites for hydroxylation is 3. The van der Waals surface area contributed by atoms with Crippen LogP contribution in [0.1, 0.15) is 58.6 Å². The fourth-order valence-electron chi connectivity index (χ4n) is 4.15. The number of amides is 1. The molecule has 1 aliphatic carbocycles. The molecule has 6 heteroatoms. The standard InChI is InChI=1S/C20H23N5O/c1-13-17(10-21)15-8-9-25(12-14(15)11-22-13)20(26)7-6-19-16-4-2-3-5-18(16)23-24-19/h11H,2-9,12H2,1H3,(H,23,24). The molecule has 1 aliphatic heterocycles. The van der Waals surface area contributed by atoms with Crippen molar-refractivity contribution in [2.75, 3.05) is 6.54 Å². The highest BCUT2D eigenvalue weighted by atomic mass is 16.2. The lowest BCUT2D eigenvalue weighted by Gasteiger charge is -2.29. The first-order chi connectivity index (χ1) is 12.7. The van der Waals surface area contributed by atoms with Crippen LogP contribution in [-0.4, -0.2) is 32.5 Å². The highest BCUT2D eigenvalue weighted by Crippen LogP contribution is 2.25. The van der Waals surface area contributed by atoms with E-state index < -0.39 is 0 Å². The SMILES string of the molecule is Cc1ncc2c(c1C#N)CCN(C(=O)CCc1n[nH]c3c1CCCC3)C2. The number of rotatable bonds is 3. The second-order valence-corrected chi connectivity index (χ2v) is 7.23. The first-order valence-corrected chi connectivity index (χ1v) is 9.37. The van der Waals surface area contributed by atoms with Gasteiger partial charge in [0.2, 0.25) is 5.91 Å². The predicted molar refractivity (Wildman–Crippen MR) is 96.4 cm³/mol. The predicted octanol–water partition coefficient (Wildman–Crippen LogP) is 2.38. The maximum absolute atomic E-state index is 12.7. The Balaban J connectivity index is 1.42. The molecule has 1 amide bonds. The van der Waals surface area contributed by atoms with Gasteiger partial charge in [-0.2, -0.15) is 10.4 Å². The summed E-state index contributed by atoms with van der Waals surface area (Å²) in [7, 11) is 0. The van der Waals surface area contributed by atoms with Gasteiger partial charge in [0, 0.05) is 37.8 Å². The molecule has 4 rings (SSSR count). The molecule has 1 N–H and O–H groups in total. The normalized spacial score (nSPS) is 15.9. The minimum atomic E-state index is 0.155. The lowest BCUT2D eigenvalue weighted by molar-refractivity contribution is -0.132. The van der Waals surface area contributed by atoms with Crippen LogP contribution in [-0.2, 0) is 37.0 Å². The van der Waals surface area contributed by atoms with Gasteiger partial charge < -0.3 is 4.90 Å². The molecule has 26 heavy (non-hydrogen) atoms. The number of nitrogens with zero attached hydrogens (tertiary/aromatic N) is 4. The van der Waals surface area contributed by atoms with E-state index in [0.29, 0.717) is 31.5 Å². The average Bonchev–Trinajstić information content (AvgIpc) is 3.09. The molecule has 0 atom stereocenters. The number of nitriles is 1. The lowest BCUT2D eigenvalue weighted by Crippen LogP contribution is -2.36. The van der Waals surface area contributed by atoms with Crippen molar-refractivity contribution in [3.8, 4) is 6.07 Å². The molecular weight excluding hydrogens is 326 g/mol. The van der Waals surface area contributed by atoms with Gasteiger partial charge in [0.1, 0.15) is 6.07 Å². The largest absolute Gasteiger partial charge is 0.338 e. The van der Waals surface area contributed by atoms with Gasteiger partial charge in [0.05, 0.1) is 17.0 Å². The number of fused-ring (bicyclic) bond motifs is 2. The van der Waals surface area contributed by atoms with Crippen molar-refractivity contribution in [2.24, 2.45) is 0 Å². The van der Waals surface area contributed by atoms with E-state index in [4.69, 9.17) is 0 Å². The molecule has 0 saturated heterocycles. The van der Waals surface area contributed by atoms with Crippen LogP contribution in [0.3, 0.4) is 0 Å². The third kappa shape index (κ3) is 2.98. The Hall–Kier alpha value is -2.68. The Morgan fingerprint density at radius 1 is 1.31 bits per heavy atom. The smallest absolute Gasteiger partial charge is 0.223 e. The summed E-state index contributed by atoms with van der Waals surface area (Å²) in [5.41, 5.74) is 7.18.